The van der Waals surface area contributed by atoms with Crippen molar-refractivity contribution in [1.29, 1.82) is 0 Å². The summed E-state index contributed by atoms with van der Waals surface area (Å²) in [4.78, 5) is 5.28. The van der Waals surface area contributed by atoms with Crippen molar-refractivity contribution in [2.75, 3.05) is 19.6 Å². The molecule has 72 valence electrons. The van der Waals surface area contributed by atoms with Gasteiger partial charge in [0.15, 0.2) is 0 Å². The predicted octanol–water partition coefficient (Wildman–Crippen LogP) is 1.96. The van der Waals surface area contributed by atoms with Crippen LogP contribution in [0.5, 0.6) is 0 Å². The largest absolute Gasteiger partial charge is 0.330 e. The summed E-state index contributed by atoms with van der Waals surface area (Å²) in [5, 5.41) is 6.82. The Labute approximate surface area is 76.2 Å². The molecule has 0 aromatic heterocycles. The van der Waals surface area contributed by atoms with E-state index in [2.05, 4.69) is 20.1 Å². The standard InChI is InChI=1S/C6H13N7/c7-5-6(1-3-10-12-8)2-4-11-13-9/h6H,1-5,7H2. The molecule has 0 rings (SSSR count). The summed E-state index contributed by atoms with van der Waals surface area (Å²) < 4.78 is 0. The van der Waals surface area contributed by atoms with E-state index in [1.807, 2.05) is 0 Å². The molecule has 0 aliphatic carbocycles. The SMILES string of the molecule is [N-]=[N+]=NCCC(CN)CCN=[N+]=[N-]. The van der Waals surface area contributed by atoms with Crippen molar-refractivity contribution in [1.82, 2.24) is 0 Å². The van der Waals surface area contributed by atoms with E-state index < -0.39 is 0 Å². The molecule has 0 aromatic carbocycles. The van der Waals surface area contributed by atoms with Crippen molar-refractivity contribution in [3.63, 3.8) is 0 Å². The van der Waals surface area contributed by atoms with Gasteiger partial charge < -0.3 is 5.73 Å². The van der Waals surface area contributed by atoms with Crippen molar-refractivity contribution in [2.45, 2.75) is 12.8 Å². The number of nitrogens with two attached hydrogens (primary N) is 1. The van der Waals surface area contributed by atoms with Gasteiger partial charge in [0.1, 0.15) is 0 Å². The zero-order valence-electron chi connectivity index (χ0n) is 7.37. The van der Waals surface area contributed by atoms with E-state index in [0.29, 0.717) is 19.6 Å². The fraction of sp³-hybridized carbons (Fsp3) is 1.00. The Morgan fingerprint density at radius 2 is 1.54 bits per heavy atom. The summed E-state index contributed by atoms with van der Waals surface area (Å²) >= 11 is 0. The van der Waals surface area contributed by atoms with Crippen LogP contribution in [0, 0.1) is 5.92 Å². The van der Waals surface area contributed by atoms with Gasteiger partial charge >= 0.3 is 0 Å². The quantitative estimate of drug-likeness (QED) is 0.361. The molecule has 13 heavy (non-hydrogen) atoms. The van der Waals surface area contributed by atoms with Crippen LogP contribution >= 0.6 is 0 Å². The average Bonchev–Trinajstić information content (AvgIpc) is 2.16. The highest BCUT2D eigenvalue weighted by Gasteiger charge is 2.04. The molecule has 0 aliphatic rings. The first-order chi connectivity index (χ1) is 6.35. The Bertz CT molecular complexity index is 191. The Balaban J connectivity index is 3.61. The highest BCUT2D eigenvalue weighted by Crippen LogP contribution is 2.07. The maximum absolute atomic E-state index is 8.03. The van der Waals surface area contributed by atoms with Gasteiger partial charge in [-0.1, -0.05) is 10.2 Å². The molecule has 0 spiro atoms. The smallest absolute Gasteiger partial charge is 0.0261 e. The summed E-state index contributed by atoms with van der Waals surface area (Å²) in [5.74, 6) is 0.274. The van der Waals surface area contributed by atoms with E-state index in [9.17, 15) is 0 Å². The Morgan fingerprint density at radius 3 is 1.85 bits per heavy atom. The van der Waals surface area contributed by atoms with Crippen molar-refractivity contribution < 1.29 is 0 Å². The number of nitrogens with zero attached hydrogens (tertiary/aromatic N) is 6. The number of hydrogen-bond acceptors (Lipinski definition) is 3. The zero-order chi connectivity index (χ0) is 9.94. The molecule has 7 heteroatoms. The normalized spacial score (nSPS) is 11.2. The minimum atomic E-state index is 0.274. The number of hydrogen-bond donors (Lipinski definition) is 1. The van der Waals surface area contributed by atoms with Crippen molar-refractivity contribution in [3.8, 4) is 0 Å². The first-order valence-electron chi connectivity index (χ1n) is 4.07. The van der Waals surface area contributed by atoms with Crippen LogP contribution in [-0.2, 0) is 0 Å². The first-order valence-corrected chi connectivity index (χ1v) is 4.07. The number of azide groups is 2. The predicted molar refractivity (Wildman–Crippen MR) is 49.8 cm³/mol. The summed E-state index contributed by atoms with van der Waals surface area (Å²) in [6, 6.07) is 0. The molecule has 0 fully saturated rings. The molecule has 0 aromatic rings. The van der Waals surface area contributed by atoms with Crippen LogP contribution in [-0.4, -0.2) is 19.6 Å². The third-order valence-corrected chi connectivity index (χ3v) is 1.73. The van der Waals surface area contributed by atoms with Gasteiger partial charge in [0.2, 0.25) is 0 Å². The molecule has 0 aliphatic heterocycles. The van der Waals surface area contributed by atoms with E-state index in [-0.39, 0.29) is 5.92 Å². The molecule has 0 radical (unpaired) electrons. The number of rotatable bonds is 7. The molecule has 7 nitrogen and oxygen atoms in total. The van der Waals surface area contributed by atoms with Crippen molar-refractivity contribution in [3.05, 3.63) is 20.9 Å². The molecule has 2 N–H and O–H groups in total. The molecule has 0 atom stereocenters. The van der Waals surface area contributed by atoms with Crippen LogP contribution in [0.25, 0.3) is 20.9 Å². The van der Waals surface area contributed by atoms with Gasteiger partial charge in [-0.3, -0.25) is 0 Å². The third-order valence-electron chi connectivity index (χ3n) is 1.73. The van der Waals surface area contributed by atoms with Crippen LogP contribution < -0.4 is 5.73 Å². The van der Waals surface area contributed by atoms with Gasteiger partial charge in [-0.15, -0.1) is 0 Å². The molecular formula is C6H13N7. The molecule has 0 amide bonds. The van der Waals surface area contributed by atoms with Gasteiger partial charge in [-0.25, -0.2) is 0 Å². The molecular weight excluding hydrogens is 170 g/mol. The lowest BCUT2D eigenvalue weighted by molar-refractivity contribution is 0.473. The Morgan fingerprint density at radius 1 is 1.08 bits per heavy atom. The van der Waals surface area contributed by atoms with E-state index >= 15 is 0 Å². The fourth-order valence-electron chi connectivity index (χ4n) is 0.950. The average molecular weight is 183 g/mol. The lowest BCUT2D eigenvalue weighted by atomic mass is 10.0. The topological polar surface area (TPSA) is 124 Å². The minimum Gasteiger partial charge on any atom is -0.330 e. The first kappa shape index (κ1) is 11.6. The van der Waals surface area contributed by atoms with Gasteiger partial charge in [-0.2, -0.15) is 0 Å². The third kappa shape index (κ3) is 6.96. The molecule has 0 saturated carbocycles. The van der Waals surface area contributed by atoms with Gasteiger partial charge in [0.25, 0.3) is 0 Å². The summed E-state index contributed by atoms with van der Waals surface area (Å²) in [6.07, 6.45) is 1.50. The van der Waals surface area contributed by atoms with E-state index in [0.717, 1.165) is 12.8 Å². The zero-order valence-corrected chi connectivity index (χ0v) is 7.37. The summed E-state index contributed by atoms with van der Waals surface area (Å²) in [6.45, 7) is 1.44. The lowest BCUT2D eigenvalue weighted by Crippen LogP contribution is -2.16. The van der Waals surface area contributed by atoms with Crippen LogP contribution in [0.2, 0.25) is 0 Å². The second-order valence-corrected chi connectivity index (χ2v) is 2.59. The molecule has 0 heterocycles. The second kappa shape index (κ2) is 8.67. The van der Waals surface area contributed by atoms with Crippen LogP contribution in [0.3, 0.4) is 0 Å². The van der Waals surface area contributed by atoms with Gasteiger partial charge in [0, 0.05) is 22.9 Å². The molecule has 0 saturated heterocycles. The Hall–Kier alpha value is -1.42. The second-order valence-electron chi connectivity index (χ2n) is 2.59. The van der Waals surface area contributed by atoms with Gasteiger partial charge in [-0.05, 0) is 36.4 Å². The monoisotopic (exact) mass is 183 g/mol. The maximum Gasteiger partial charge on any atom is 0.0261 e. The highest BCUT2D eigenvalue weighted by molar-refractivity contribution is 4.63. The summed E-state index contributed by atoms with van der Waals surface area (Å²) in [5.41, 5.74) is 21.5. The molecule has 0 bridgehead atoms. The van der Waals surface area contributed by atoms with E-state index in [4.69, 9.17) is 16.8 Å². The van der Waals surface area contributed by atoms with Gasteiger partial charge in [0.05, 0.1) is 0 Å². The fourth-order valence-corrected chi connectivity index (χ4v) is 0.950. The van der Waals surface area contributed by atoms with Crippen molar-refractivity contribution >= 4 is 0 Å². The van der Waals surface area contributed by atoms with Crippen LogP contribution in [0.1, 0.15) is 12.8 Å². The highest BCUT2D eigenvalue weighted by atomic mass is 15.1. The Kier molecular flexibility index (Phi) is 7.73. The lowest BCUT2D eigenvalue weighted by Gasteiger charge is -2.10. The van der Waals surface area contributed by atoms with Crippen LogP contribution in [0.15, 0.2) is 10.2 Å². The van der Waals surface area contributed by atoms with Crippen LogP contribution in [0.4, 0.5) is 0 Å². The summed E-state index contributed by atoms with van der Waals surface area (Å²) in [7, 11) is 0. The molecule has 0 unspecified atom stereocenters. The van der Waals surface area contributed by atoms with Crippen molar-refractivity contribution in [2.24, 2.45) is 21.9 Å². The maximum atomic E-state index is 8.03. The van der Waals surface area contributed by atoms with E-state index in [1.165, 1.54) is 0 Å². The minimum absolute atomic E-state index is 0.274. The van der Waals surface area contributed by atoms with E-state index in [1.54, 1.807) is 0 Å².